The number of benzene rings is 1. The Morgan fingerprint density at radius 1 is 1.37 bits per heavy atom. The van der Waals surface area contributed by atoms with Crippen LogP contribution in [0.1, 0.15) is 25.5 Å². The van der Waals surface area contributed by atoms with Crippen molar-refractivity contribution in [3.05, 3.63) is 35.3 Å². The molecule has 0 atom stereocenters. The zero-order chi connectivity index (χ0) is 13.1. The molecule has 100 valence electrons. The Bertz CT molecular complexity index is 549. The lowest BCUT2D eigenvalue weighted by Crippen LogP contribution is -2.15. The Morgan fingerprint density at radius 2 is 2.21 bits per heavy atom. The molecule has 1 heterocycles. The maximum atomic E-state index is 5.66. The van der Waals surface area contributed by atoms with Gasteiger partial charge in [0.15, 0.2) is 0 Å². The Hall–Kier alpha value is -1.39. The zero-order valence-corrected chi connectivity index (χ0v) is 11.9. The minimum absolute atomic E-state index is 0.679. The maximum absolute atomic E-state index is 5.66. The highest BCUT2D eigenvalue weighted by Crippen LogP contribution is 2.32. The molecule has 1 fully saturated rings. The van der Waals surface area contributed by atoms with Gasteiger partial charge in [-0.2, -0.15) is 0 Å². The molecule has 19 heavy (non-hydrogen) atoms. The van der Waals surface area contributed by atoms with E-state index < -0.39 is 0 Å². The van der Waals surface area contributed by atoms with Crippen molar-refractivity contribution in [2.45, 2.75) is 32.4 Å². The summed E-state index contributed by atoms with van der Waals surface area (Å²) < 4.78 is 5.66. The number of rotatable bonds is 6. The first-order chi connectivity index (χ1) is 9.36. The molecule has 3 rings (SSSR count). The molecule has 3 nitrogen and oxygen atoms in total. The summed E-state index contributed by atoms with van der Waals surface area (Å²) >= 11 is 1.68. The van der Waals surface area contributed by atoms with Gasteiger partial charge in [-0.1, -0.05) is 12.1 Å². The van der Waals surface area contributed by atoms with Crippen molar-refractivity contribution in [3.8, 4) is 16.3 Å². The summed E-state index contributed by atoms with van der Waals surface area (Å²) in [5.41, 5.74) is 2.21. The second-order valence-electron chi connectivity index (χ2n) is 4.73. The molecule has 0 saturated heterocycles. The monoisotopic (exact) mass is 274 g/mol. The lowest BCUT2D eigenvalue weighted by atomic mass is 10.2. The van der Waals surface area contributed by atoms with Gasteiger partial charge in [-0.3, -0.25) is 0 Å². The number of thiazole rings is 1. The van der Waals surface area contributed by atoms with Crippen molar-refractivity contribution in [1.82, 2.24) is 10.3 Å². The molecule has 1 saturated carbocycles. The van der Waals surface area contributed by atoms with Crippen molar-refractivity contribution in [1.29, 1.82) is 0 Å². The normalized spacial score (nSPS) is 14.6. The minimum atomic E-state index is 0.679. The summed E-state index contributed by atoms with van der Waals surface area (Å²) in [6, 6.07) is 8.82. The van der Waals surface area contributed by atoms with Gasteiger partial charge in [0.1, 0.15) is 10.8 Å². The van der Waals surface area contributed by atoms with Crippen LogP contribution in [0.3, 0.4) is 0 Å². The van der Waals surface area contributed by atoms with Gasteiger partial charge in [-0.15, -0.1) is 11.3 Å². The van der Waals surface area contributed by atoms with Crippen LogP contribution < -0.4 is 10.1 Å². The second-order valence-corrected chi connectivity index (χ2v) is 5.59. The third-order valence-corrected chi connectivity index (χ3v) is 4.04. The highest BCUT2D eigenvalue weighted by atomic mass is 32.1. The van der Waals surface area contributed by atoms with Crippen LogP contribution in [0.5, 0.6) is 5.75 Å². The lowest BCUT2D eigenvalue weighted by Gasteiger charge is -2.07. The molecule has 2 aromatic rings. The highest BCUT2D eigenvalue weighted by molar-refractivity contribution is 7.13. The van der Waals surface area contributed by atoms with Gasteiger partial charge in [0.25, 0.3) is 0 Å². The van der Waals surface area contributed by atoms with Crippen molar-refractivity contribution in [2.24, 2.45) is 0 Å². The summed E-state index contributed by atoms with van der Waals surface area (Å²) in [4.78, 5) is 4.70. The summed E-state index contributed by atoms with van der Waals surface area (Å²) in [6.07, 6.45) is 2.62. The predicted molar refractivity (Wildman–Crippen MR) is 78.6 cm³/mol. The van der Waals surface area contributed by atoms with Crippen LogP contribution in [0.25, 0.3) is 10.6 Å². The Balaban J connectivity index is 1.77. The van der Waals surface area contributed by atoms with Crippen molar-refractivity contribution in [3.63, 3.8) is 0 Å². The molecule has 0 amide bonds. The third kappa shape index (κ3) is 3.14. The summed E-state index contributed by atoms with van der Waals surface area (Å²) in [7, 11) is 0. The molecule has 1 aliphatic rings. The van der Waals surface area contributed by atoms with E-state index >= 15 is 0 Å². The third-order valence-electron chi connectivity index (χ3n) is 3.12. The van der Waals surface area contributed by atoms with Crippen molar-refractivity contribution < 1.29 is 4.74 Å². The quantitative estimate of drug-likeness (QED) is 0.876. The fraction of sp³-hybridized carbons (Fsp3) is 0.400. The molecule has 0 unspecified atom stereocenters. The Morgan fingerprint density at radius 3 is 3.00 bits per heavy atom. The molecule has 0 aliphatic heterocycles. The van der Waals surface area contributed by atoms with E-state index in [1.165, 1.54) is 12.8 Å². The molecule has 1 aromatic carbocycles. The molecule has 0 spiro atoms. The van der Waals surface area contributed by atoms with E-state index in [4.69, 9.17) is 9.72 Å². The van der Waals surface area contributed by atoms with Crippen LogP contribution in [-0.4, -0.2) is 17.6 Å². The number of hydrogen-bond acceptors (Lipinski definition) is 4. The fourth-order valence-electron chi connectivity index (χ4n) is 1.97. The minimum Gasteiger partial charge on any atom is -0.493 e. The van der Waals surface area contributed by atoms with Crippen LogP contribution in [0.4, 0.5) is 0 Å². The van der Waals surface area contributed by atoms with Gasteiger partial charge in [0.05, 0.1) is 17.9 Å². The fourth-order valence-corrected chi connectivity index (χ4v) is 2.82. The predicted octanol–water partition coefficient (Wildman–Crippen LogP) is 3.46. The van der Waals surface area contributed by atoms with Gasteiger partial charge < -0.3 is 10.1 Å². The summed E-state index contributed by atoms with van der Waals surface area (Å²) in [5, 5.41) is 6.66. The van der Waals surface area contributed by atoms with Gasteiger partial charge >= 0.3 is 0 Å². The van der Waals surface area contributed by atoms with Crippen molar-refractivity contribution in [2.75, 3.05) is 6.61 Å². The average molecular weight is 274 g/mol. The molecule has 0 radical (unpaired) electrons. The highest BCUT2D eigenvalue weighted by Gasteiger charge is 2.20. The molecule has 4 heteroatoms. The van der Waals surface area contributed by atoms with Crippen molar-refractivity contribution >= 4 is 11.3 Å². The molecule has 1 aliphatic carbocycles. The van der Waals surface area contributed by atoms with Gasteiger partial charge in [-0.25, -0.2) is 4.98 Å². The van der Waals surface area contributed by atoms with E-state index in [9.17, 15) is 0 Å². The van der Waals surface area contributed by atoms with Gasteiger partial charge in [-0.05, 0) is 31.9 Å². The maximum Gasteiger partial charge on any atom is 0.129 e. The molecular formula is C15H18N2OS. The topological polar surface area (TPSA) is 34.1 Å². The van der Waals surface area contributed by atoms with Crippen LogP contribution in [-0.2, 0) is 6.54 Å². The SMILES string of the molecule is CCOc1ccccc1-c1nc(CNC2CC2)cs1. The summed E-state index contributed by atoms with van der Waals surface area (Å²) in [6.45, 7) is 3.56. The van der Waals surface area contributed by atoms with Crippen LogP contribution in [0, 0.1) is 0 Å². The first-order valence-corrected chi connectivity index (χ1v) is 7.64. The van der Waals surface area contributed by atoms with E-state index in [2.05, 4.69) is 16.8 Å². The van der Waals surface area contributed by atoms with Crippen LogP contribution >= 0.6 is 11.3 Å². The van der Waals surface area contributed by atoms with Gasteiger partial charge in [0.2, 0.25) is 0 Å². The lowest BCUT2D eigenvalue weighted by molar-refractivity contribution is 0.341. The van der Waals surface area contributed by atoms with E-state index in [0.29, 0.717) is 6.61 Å². The molecule has 1 aromatic heterocycles. The van der Waals surface area contributed by atoms with Gasteiger partial charge in [0, 0.05) is 18.0 Å². The van der Waals surface area contributed by atoms with E-state index in [-0.39, 0.29) is 0 Å². The Labute approximate surface area is 117 Å². The molecule has 0 bridgehead atoms. The molecule has 1 N–H and O–H groups in total. The largest absolute Gasteiger partial charge is 0.493 e. The summed E-state index contributed by atoms with van der Waals surface area (Å²) in [5.74, 6) is 0.918. The number of ether oxygens (including phenoxy) is 1. The Kier molecular flexibility index (Phi) is 3.80. The second kappa shape index (κ2) is 5.72. The van der Waals surface area contributed by atoms with E-state index in [1.54, 1.807) is 11.3 Å². The zero-order valence-electron chi connectivity index (χ0n) is 11.1. The number of para-hydroxylation sites is 1. The first-order valence-electron chi connectivity index (χ1n) is 6.77. The van der Waals surface area contributed by atoms with E-state index in [0.717, 1.165) is 34.6 Å². The number of nitrogens with zero attached hydrogens (tertiary/aromatic N) is 1. The van der Waals surface area contributed by atoms with Crippen LogP contribution in [0.2, 0.25) is 0 Å². The standard InChI is InChI=1S/C15H18N2OS/c1-2-18-14-6-4-3-5-13(14)15-17-12(10-19-15)9-16-11-7-8-11/h3-6,10-11,16H,2,7-9H2,1H3. The smallest absolute Gasteiger partial charge is 0.129 e. The number of nitrogens with one attached hydrogen (secondary N) is 1. The number of aromatic nitrogens is 1. The van der Waals surface area contributed by atoms with E-state index in [1.807, 2.05) is 25.1 Å². The average Bonchev–Trinajstić information content (AvgIpc) is 3.15. The number of hydrogen-bond donors (Lipinski definition) is 1. The van der Waals surface area contributed by atoms with Crippen LogP contribution in [0.15, 0.2) is 29.6 Å². The molecular weight excluding hydrogens is 256 g/mol. The first kappa shape index (κ1) is 12.6.